The summed E-state index contributed by atoms with van der Waals surface area (Å²) in [5, 5.41) is 2.85. The Bertz CT molecular complexity index is 1630. The SMILES string of the molecule is COc1cc2c(cc1OCc1ccccc1)CC[C@@H]1[C@@H]2CC[C@@]2(C)[C@H]1C[C@@H](CN(C)C)[C@@H]2OC(=O)[C@H](CC(C)C)NC(=O)OCc1ccccc1. The highest BCUT2D eigenvalue weighted by atomic mass is 16.6. The smallest absolute Gasteiger partial charge is 0.408 e. The number of carbonyl (C=O) groups excluding carboxylic acids is 2. The maximum atomic E-state index is 14.1. The molecule has 2 fully saturated rings. The quantitative estimate of drug-likeness (QED) is 0.181. The molecule has 0 heterocycles. The Morgan fingerprint density at radius 2 is 1.63 bits per heavy atom. The van der Waals surface area contributed by atoms with Crippen molar-refractivity contribution in [2.75, 3.05) is 27.7 Å². The zero-order valence-electron chi connectivity index (χ0n) is 31.2. The first-order valence-corrected chi connectivity index (χ1v) is 18.8. The normalized spacial score (nSPS) is 25.7. The molecule has 0 radical (unpaired) electrons. The molecule has 3 aromatic rings. The number of ether oxygens (including phenoxy) is 4. The fourth-order valence-electron chi connectivity index (χ4n) is 9.39. The van der Waals surface area contributed by atoms with Crippen LogP contribution in [0.5, 0.6) is 11.5 Å². The summed E-state index contributed by atoms with van der Waals surface area (Å²) in [5.41, 5.74) is 4.60. The Hall–Kier alpha value is -4.04. The molecule has 0 spiro atoms. The van der Waals surface area contributed by atoms with Crippen molar-refractivity contribution in [3.8, 4) is 11.5 Å². The lowest BCUT2D eigenvalue weighted by molar-refractivity contribution is -0.163. The highest BCUT2D eigenvalue weighted by molar-refractivity contribution is 5.81. The number of hydrogen-bond donors (Lipinski definition) is 1. The summed E-state index contributed by atoms with van der Waals surface area (Å²) in [5.74, 6) is 2.93. The van der Waals surface area contributed by atoms with Crippen LogP contribution in [0, 0.1) is 29.1 Å². The Labute approximate surface area is 304 Å². The maximum absolute atomic E-state index is 14.1. The summed E-state index contributed by atoms with van der Waals surface area (Å²) in [6.07, 6.45) is 4.74. The molecule has 1 amide bonds. The van der Waals surface area contributed by atoms with Crippen LogP contribution in [0.25, 0.3) is 0 Å². The van der Waals surface area contributed by atoms with Crippen LogP contribution in [0.2, 0.25) is 0 Å². The summed E-state index contributed by atoms with van der Waals surface area (Å²) in [6, 6.07) is 23.4. The van der Waals surface area contributed by atoms with E-state index in [-0.39, 0.29) is 35.9 Å². The third-order valence-electron chi connectivity index (χ3n) is 11.7. The van der Waals surface area contributed by atoms with Crippen molar-refractivity contribution in [3.63, 3.8) is 0 Å². The first-order chi connectivity index (χ1) is 24.5. The van der Waals surface area contributed by atoms with Gasteiger partial charge in [-0.3, -0.25) is 0 Å². The van der Waals surface area contributed by atoms with E-state index >= 15 is 0 Å². The molecule has 1 N–H and O–H groups in total. The minimum atomic E-state index is -0.778. The van der Waals surface area contributed by atoms with Crippen molar-refractivity contribution in [1.82, 2.24) is 10.2 Å². The monoisotopic (exact) mass is 696 g/mol. The molecular weight excluding hydrogens is 640 g/mol. The Morgan fingerprint density at radius 3 is 2.27 bits per heavy atom. The summed E-state index contributed by atoms with van der Waals surface area (Å²) in [7, 11) is 5.92. The molecule has 7 atom stereocenters. The second kappa shape index (κ2) is 16.1. The Morgan fingerprint density at radius 1 is 0.941 bits per heavy atom. The average Bonchev–Trinajstić information content (AvgIpc) is 3.39. The highest BCUT2D eigenvalue weighted by Crippen LogP contribution is 2.63. The first-order valence-electron chi connectivity index (χ1n) is 18.8. The number of methoxy groups -OCH3 is 1. The lowest BCUT2D eigenvalue weighted by Gasteiger charge is -2.50. The number of rotatable bonds is 13. The van der Waals surface area contributed by atoms with E-state index < -0.39 is 12.1 Å². The van der Waals surface area contributed by atoms with E-state index in [0.29, 0.717) is 30.8 Å². The van der Waals surface area contributed by atoms with E-state index in [0.717, 1.165) is 61.3 Å². The van der Waals surface area contributed by atoms with Gasteiger partial charge in [-0.05, 0) is 111 Å². The molecule has 0 aliphatic heterocycles. The van der Waals surface area contributed by atoms with Crippen LogP contribution in [0.4, 0.5) is 4.79 Å². The van der Waals surface area contributed by atoms with E-state index in [1.165, 1.54) is 11.1 Å². The third-order valence-corrected chi connectivity index (χ3v) is 11.7. The van der Waals surface area contributed by atoms with Crippen molar-refractivity contribution in [2.24, 2.45) is 29.1 Å². The molecular formula is C43H56N2O6. The van der Waals surface area contributed by atoms with Gasteiger partial charge in [-0.25, -0.2) is 9.59 Å². The van der Waals surface area contributed by atoms with E-state index in [9.17, 15) is 9.59 Å². The molecule has 3 aromatic carbocycles. The van der Waals surface area contributed by atoms with Gasteiger partial charge in [0.15, 0.2) is 11.5 Å². The number of esters is 1. The van der Waals surface area contributed by atoms with Gasteiger partial charge < -0.3 is 29.2 Å². The number of alkyl carbamates (subject to hydrolysis) is 1. The summed E-state index contributed by atoms with van der Waals surface area (Å²) >= 11 is 0. The standard InChI is InChI=1S/C43H56N2O6/c1-28(2)21-37(44-42(47)50-27-30-15-11-8-12-16-30)41(46)51-40-32(25-45(4)5)22-36-34-18-17-31-23-39(49-26-29-13-9-7-10-14-29)38(48-6)24-35(31)33(34)19-20-43(36,40)3/h7-16,23-24,28,32-34,36-37,40H,17-22,25-27H2,1-6H3,(H,44,47)/t32-,33-,34+,36-,37-,40-,43-/m0/s1. The maximum Gasteiger partial charge on any atom is 0.408 e. The second-order valence-electron chi connectivity index (χ2n) is 15.9. The first kappa shape index (κ1) is 36.7. The highest BCUT2D eigenvalue weighted by Gasteiger charge is 2.60. The molecule has 6 rings (SSSR count). The number of nitrogens with zero attached hydrogens (tertiary/aromatic N) is 1. The van der Waals surface area contributed by atoms with Gasteiger partial charge in [0.05, 0.1) is 7.11 Å². The molecule has 0 unspecified atom stereocenters. The molecule has 51 heavy (non-hydrogen) atoms. The van der Waals surface area contributed by atoms with Gasteiger partial charge in [-0.1, -0.05) is 81.4 Å². The van der Waals surface area contributed by atoms with E-state index in [1.807, 2.05) is 48.5 Å². The van der Waals surface area contributed by atoms with Gasteiger partial charge in [0, 0.05) is 17.9 Å². The number of hydrogen-bond acceptors (Lipinski definition) is 7. The van der Waals surface area contributed by atoms with E-state index in [1.54, 1.807) is 7.11 Å². The molecule has 8 heteroatoms. The van der Waals surface area contributed by atoms with Crippen molar-refractivity contribution in [3.05, 3.63) is 95.1 Å². The van der Waals surface area contributed by atoms with Crippen molar-refractivity contribution < 1.29 is 28.5 Å². The lowest BCUT2D eigenvalue weighted by atomic mass is 9.55. The van der Waals surface area contributed by atoms with Crippen LogP contribution in [-0.4, -0.2) is 56.9 Å². The molecule has 3 aliphatic carbocycles. The lowest BCUT2D eigenvalue weighted by Crippen LogP contribution is -2.50. The molecule has 3 aliphatic rings. The van der Waals surface area contributed by atoms with Crippen LogP contribution in [0.15, 0.2) is 72.8 Å². The fraction of sp³-hybridized carbons (Fsp3) is 0.535. The summed E-state index contributed by atoms with van der Waals surface area (Å²) in [6.45, 7) is 7.94. The van der Waals surface area contributed by atoms with Crippen LogP contribution in [0.3, 0.4) is 0 Å². The van der Waals surface area contributed by atoms with E-state index in [2.05, 4.69) is 69.3 Å². The topological polar surface area (TPSA) is 86.3 Å². The largest absolute Gasteiger partial charge is 0.493 e. The van der Waals surface area contributed by atoms with Gasteiger partial charge in [0.1, 0.15) is 25.4 Å². The average molecular weight is 697 g/mol. The van der Waals surface area contributed by atoms with E-state index in [4.69, 9.17) is 18.9 Å². The predicted octanol–water partition coefficient (Wildman–Crippen LogP) is 8.17. The second-order valence-corrected chi connectivity index (χ2v) is 15.9. The number of benzene rings is 3. The van der Waals surface area contributed by atoms with Crippen molar-refractivity contribution in [1.29, 1.82) is 0 Å². The molecule has 2 saturated carbocycles. The van der Waals surface area contributed by atoms with Gasteiger partial charge in [-0.2, -0.15) is 0 Å². The summed E-state index contributed by atoms with van der Waals surface area (Å²) in [4.78, 5) is 29.2. The van der Waals surface area contributed by atoms with Crippen LogP contribution >= 0.6 is 0 Å². The van der Waals surface area contributed by atoms with Crippen LogP contribution in [0.1, 0.15) is 81.0 Å². The molecule has 8 nitrogen and oxygen atoms in total. The molecule has 0 aromatic heterocycles. The molecule has 0 saturated heterocycles. The number of amides is 1. The number of aryl methyl sites for hydroxylation is 1. The zero-order valence-corrected chi connectivity index (χ0v) is 31.2. The van der Waals surface area contributed by atoms with Gasteiger partial charge in [0.2, 0.25) is 0 Å². The number of carbonyl (C=O) groups is 2. The zero-order chi connectivity index (χ0) is 36.1. The predicted molar refractivity (Wildman–Crippen MR) is 199 cm³/mol. The van der Waals surface area contributed by atoms with Crippen molar-refractivity contribution in [2.45, 2.75) is 90.6 Å². The van der Waals surface area contributed by atoms with Gasteiger partial charge in [-0.15, -0.1) is 0 Å². The molecule has 274 valence electrons. The minimum Gasteiger partial charge on any atom is -0.493 e. The van der Waals surface area contributed by atoms with Crippen LogP contribution < -0.4 is 14.8 Å². The third kappa shape index (κ3) is 8.38. The number of nitrogens with one attached hydrogen (secondary N) is 1. The number of fused-ring (bicyclic) bond motifs is 5. The molecule has 0 bridgehead atoms. The van der Waals surface area contributed by atoms with Gasteiger partial charge >= 0.3 is 12.1 Å². The van der Waals surface area contributed by atoms with Crippen molar-refractivity contribution >= 4 is 12.1 Å². The Balaban J connectivity index is 1.18. The fourth-order valence-corrected chi connectivity index (χ4v) is 9.39. The van der Waals surface area contributed by atoms with Crippen LogP contribution in [-0.2, 0) is 33.9 Å². The minimum absolute atomic E-state index is 0.142. The summed E-state index contributed by atoms with van der Waals surface area (Å²) < 4.78 is 24.3. The van der Waals surface area contributed by atoms with Gasteiger partial charge in [0.25, 0.3) is 0 Å². The Kier molecular flexibility index (Phi) is 11.6.